The maximum absolute atomic E-state index is 12.5. The molecule has 9 nitrogen and oxygen atoms in total. The molecule has 29 heavy (non-hydrogen) atoms. The number of anilines is 3. The first-order valence-corrected chi connectivity index (χ1v) is 10.9. The molecule has 1 aromatic carbocycles. The van der Waals surface area contributed by atoms with Crippen LogP contribution in [0.25, 0.3) is 0 Å². The monoisotopic (exact) mass is 432 g/mol. The molecule has 0 aliphatic carbocycles. The summed E-state index contributed by atoms with van der Waals surface area (Å²) in [6.07, 6.45) is 0. The van der Waals surface area contributed by atoms with Crippen molar-refractivity contribution in [1.82, 2.24) is 15.0 Å². The highest BCUT2D eigenvalue weighted by Gasteiger charge is 2.18. The lowest BCUT2D eigenvalue weighted by Gasteiger charge is -2.06. The van der Waals surface area contributed by atoms with Gasteiger partial charge in [-0.05, 0) is 45.9 Å². The van der Waals surface area contributed by atoms with Crippen LogP contribution in [-0.2, 0) is 10.0 Å². The molecule has 0 saturated carbocycles. The molecule has 0 unspecified atom stereocenters. The molecule has 2 heterocycles. The Labute approximate surface area is 172 Å². The number of amides is 2. The smallest absolute Gasteiger partial charge is 0.297 e. The summed E-state index contributed by atoms with van der Waals surface area (Å²) in [5.74, 6) is 0.183. The lowest BCUT2D eigenvalue weighted by atomic mass is 10.2. The normalized spacial score (nSPS) is 11.2. The number of nitrogens with zero attached hydrogens (tertiary/aromatic N) is 3. The van der Waals surface area contributed by atoms with Crippen molar-refractivity contribution in [2.75, 3.05) is 15.4 Å². The Hall–Kier alpha value is -3.05. The van der Waals surface area contributed by atoms with Crippen LogP contribution in [0, 0.1) is 27.7 Å². The van der Waals surface area contributed by atoms with E-state index in [-0.39, 0.29) is 16.0 Å². The molecule has 0 aliphatic rings. The van der Waals surface area contributed by atoms with Gasteiger partial charge in [-0.3, -0.25) is 15.4 Å². The van der Waals surface area contributed by atoms with Crippen LogP contribution in [0.4, 0.5) is 20.9 Å². The van der Waals surface area contributed by atoms with Gasteiger partial charge in [-0.25, -0.2) is 28.2 Å². The predicted molar refractivity (Wildman–Crippen MR) is 113 cm³/mol. The van der Waals surface area contributed by atoms with Crippen LogP contribution in [0.1, 0.15) is 22.6 Å². The number of carbonyl (C=O) groups is 1. The topological polar surface area (TPSA) is 126 Å². The van der Waals surface area contributed by atoms with E-state index in [0.717, 1.165) is 28.3 Å². The van der Waals surface area contributed by atoms with E-state index in [1.165, 1.54) is 12.1 Å². The van der Waals surface area contributed by atoms with Crippen LogP contribution in [0.15, 0.2) is 35.2 Å². The SMILES string of the molecule is Cc1ccc(S(=O)(=O)Nc2nc(C)c(NC(=O)Nc3nc(C)cc(C)n3)s2)cc1. The molecule has 3 aromatic rings. The molecule has 0 saturated heterocycles. The summed E-state index contributed by atoms with van der Waals surface area (Å²) in [7, 11) is -3.77. The number of thiazole rings is 1. The maximum atomic E-state index is 12.5. The largest absolute Gasteiger partial charge is 0.326 e. The molecule has 2 amide bonds. The first-order chi connectivity index (χ1) is 13.6. The van der Waals surface area contributed by atoms with Crippen LogP contribution >= 0.6 is 11.3 Å². The fraction of sp³-hybridized carbons (Fsp3) is 0.222. The Kier molecular flexibility index (Phi) is 5.80. The van der Waals surface area contributed by atoms with Gasteiger partial charge in [-0.2, -0.15) is 0 Å². The van der Waals surface area contributed by atoms with Crippen molar-refractivity contribution in [2.45, 2.75) is 32.6 Å². The number of urea groups is 1. The number of rotatable bonds is 5. The van der Waals surface area contributed by atoms with Crippen molar-refractivity contribution in [2.24, 2.45) is 0 Å². The lowest BCUT2D eigenvalue weighted by molar-refractivity contribution is 0.262. The van der Waals surface area contributed by atoms with Gasteiger partial charge in [-0.1, -0.05) is 29.0 Å². The molecular weight excluding hydrogens is 412 g/mol. The van der Waals surface area contributed by atoms with Crippen molar-refractivity contribution in [3.8, 4) is 0 Å². The molecule has 0 aliphatic heterocycles. The van der Waals surface area contributed by atoms with Crippen LogP contribution in [0.3, 0.4) is 0 Å². The lowest BCUT2D eigenvalue weighted by Crippen LogP contribution is -2.21. The van der Waals surface area contributed by atoms with Crippen LogP contribution in [-0.4, -0.2) is 29.4 Å². The predicted octanol–water partition coefficient (Wildman–Crippen LogP) is 3.61. The molecule has 0 radical (unpaired) electrons. The van der Waals surface area contributed by atoms with E-state index in [9.17, 15) is 13.2 Å². The molecule has 0 fully saturated rings. The zero-order valence-electron chi connectivity index (χ0n) is 16.3. The average molecular weight is 433 g/mol. The number of carbonyl (C=O) groups excluding carboxylic acids is 1. The molecule has 0 bridgehead atoms. The average Bonchev–Trinajstić information content (AvgIpc) is 2.92. The van der Waals surface area contributed by atoms with Crippen LogP contribution in [0.5, 0.6) is 0 Å². The van der Waals surface area contributed by atoms with Gasteiger partial charge in [0.05, 0.1) is 10.6 Å². The van der Waals surface area contributed by atoms with Gasteiger partial charge >= 0.3 is 6.03 Å². The van der Waals surface area contributed by atoms with Crippen LogP contribution in [0.2, 0.25) is 0 Å². The number of hydrogen-bond donors (Lipinski definition) is 3. The highest BCUT2D eigenvalue weighted by atomic mass is 32.2. The maximum Gasteiger partial charge on any atom is 0.326 e. The van der Waals surface area contributed by atoms with E-state index >= 15 is 0 Å². The van der Waals surface area contributed by atoms with Gasteiger partial charge in [0.15, 0.2) is 5.13 Å². The molecule has 2 aromatic heterocycles. The molecular formula is C18H20N6O3S2. The second-order valence-electron chi connectivity index (χ2n) is 6.41. The van der Waals surface area contributed by atoms with Crippen molar-refractivity contribution in [3.05, 3.63) is 53.0 Å². The van der Waals surface area contributed by atoms with Gasteiger partial charge in [0.25, 0.3) is 10.0 Å². The summed E-state index contributed by atoms with van der Waals surface area (Å²) in [6, 6.07) is 7.73. The Morgan fingerprint density at radius 2 is 1.55 bits per heavy atom. The molecule has 0 atom stereocenters. The van der Waals surface area contributed by atoms with E-state index in [4.69, 9.17) is 0 Å². The van der Waals surface area contributed by atoms with Gasteiger partial charge in [0, 0.05) is 11.4 Å². The first kappa shape index (κ1) is 20.7. The van der Waals surface area contributed by atoms with Crippen molar-refractivity contribution in [1.29, 1.82) is 0 Å². The van der Waals surface area contributed by atoms with E-state index in [1.807, 2.05) is 6.92 Å². The number of benzene rings is 1. The molecule has 3 N–H and O–H groups in total. The summed E-state index contributed by atoms with van der Waals surface area (Å²) < 4.78 is 27.4. The van der Waals surface area contributed by atoms with Crippen LogP contribution < -0.4 is 15.4 Å². The Balaban J connectivity index is 1.71. The first-order valence-electron chi connectivity index (χ1n) is 8.59. The second-order valence-corrected chi connectivity index (χ2v) is 9.09. The minimum atomic E-state index is -3.77. The van der Waals surface area contributed by atoms with E-state index in [2.05, 4.69) is 30.3 Å². The van der Waals surface area contributed by atoms with Gasteiger partial charge in [0.1, 0.15) is 5.00 Å². The number of nitrogens with one attached hydrogen (secondary N) is 3. The third-order valence-electron chi connectivity index (χ3n) is 3.78. The highest BCUT2D eigenvalue weighted by Crippen LogP contribution is 2.29. The molecule has 152 valence electrons. The highest BCUT2D eigenvalue weighted by molar-refractivity contribution is 7.93. The number of sulfonamides is 1. The Morgan fingerprint density at radius 1 is 0.931 bits per heavy atom. The fourth-order valence-electron chi connectivity index (χ4n) is 2.47. The summed E-state index contributed by atoms with van der Waals surface area (Å²) >= 11 is 1.02. The molecule has 11 heteroatoms. The minimum Gasteiger partial charge on any atom is -0.297 e. The fourth-order valence-corrected chi connectivity index (χ4v) is 4.56. The van der Waals surface area contributed by atoms with Crippen molar-refractivity contribution >= 4 is 43.5 Å². The number of hydrogen-bond acceptors (Lipinski definition) is 7. The standard InChI is InChI=1S/C18H20N6O3S2/c1-10-5-7-14(8-6-10)29(26,27)24-18-21-13(4)15(28-18)22-17(25)23-16-19-11(2)9-12(3)20-16/h5-9H,1-4H3,(H,21,24)(H2,19,20,22,23,25). The molecule has 0 spiro atoms. The quantitative estimate of drug-likeness (QED) is 0.565. The number of aryl methyl sites for hydroxylation is 4. The Morgan fingerprint density at radius 3 is 2.17 bits per heavy atom. The van der Waals surface area contributed by atoms with E-state index in [0.29, 0.717) is 10.7 Å². The van der Waals surface area contributed by atoms with Gasteiger partial charge < -0.3 is 0 Å². The third-order valence-corrected chi connectivity index (χ3v) is 6.26. The second kappa shape index (κ2) is 8.13. The minimum absolute atomic E-state index is 0.134. The van der Waals surface area contributed by atoms with Crippen molar-refractivity contribution in [3.63, 3.8) is 0 Å². The van der Waals surface area contributed by atoms with Gasteiger partial charge in [0.2, 0.25) is 5.95 Å². The summed E-state index contributed by atoms with van der Waals surface area (Å²) in [6.45, 7) is 7.15. The van der Waals surface area contributed by atoms with E-state index < -0.39 is 16.1 Å². The third kappa shape index (κ3) is 5.27. The molecule has 3 rings (SSSR count). The summed E-state index contributed by atoms with van der Waals surface area (Å²) in [4.78, 5) is 24.8. The Bertz CT molecular complexity index is 1140. The van der Waals surface area contributed by atoms with Crippen molar-refractivity contribution < 1.29 is 13.2 Å². The summed E-state index contributed by atoms with van der Waals surface area (Å²) in [5, 5.41) is 5.76. The number of aromatic nitrogens is 3. The van der Waals surface area contributed by atoms with Gasteiger partial charge in [-0.15, -0.1) is 0 Å². The zero-order chi connectivity index (χ0) is 21.2. The van der Waals surface area contributed by atoms with E-state index in [1.54, 1.807) is 39.0 Å². The summed E-state index contributed by atoms with van der Waals surface area (Å²) in [5.41, 5.74) is 2.90. The zero-order valence-corrected chi connectivity index (χ0v) is 17.9.